The molecule has 1 heterocycles. The SMILES string of the molecule is CC[C@H](c1cccc(F)c1C)N1CCNCC1.Cl.Cl. The summed E-state index contributed by atoms with van der Waals surface area (Å²) < 4.78 is 13.6. The van der Waals surface area contributed by atoms with Crippen molar-refractivity contribution in [3.8, 4) is 0 Å². The lowest BCUT2D eigenvalue weighted by atomic mass is 9.97. The largest absolute Gasteiger partial charge is 0.314 e. The van der Waals surface area contributed by atoms with Crippen molar-refractivity contribution in [3.63, 3.8) is 0 Å². The third-order valence-corrected chi connectivity index (χ3v) is 3.65. The van der Waals surface area contributed by atoms with Crippen LogP contribution in [0, 0.1) is 12.7 Å². The van der Waals surface area contributed by atoms with Crippen molar-refractivity contribution in [2.24, 2.45) is 0 Å². The molecule has 1 aromatic carbocycles. The Morgan fingerprint density at radius 3 is 2.47 bits per heavy atom. The van der Waals surface area contributed by atoms with Gasteiger partial charge in [0.05, 0.1) is 0 Å². The van der Waals surface area contributed by atoms with Gasteiger partial charge in [-0.15, -0.1) is 24.8 Å². The molecule has 0 spiro atoms. The molecule has 1 N–H and O–H groups in total. The fraction of sp³-hybridized carbons (Fsp3) is 0.571. The molecule has 1 fully saturated rings. The number of piperazine rings is 1. The third kappa shape index (κ3) is 4.32. The standard InChI is InChI=1S/C14H21FN2.2ClH/c1-3-14(17-9-7-16-8-10-17)12-5-4-6-13(15)11(12)2;;/h4-6,14,16H,3,7-10H2,1-2H3;2*1H/t14-;;/m1../s1. The predicted molar refractivity (Wildman–Crippen MR) is 83.1 cm³/mol. The zero-order valence-corrected chi connectivity index (χ0v) is 13.1. The number of hydrogen-bond donors (Lipinski definition) is 1. The molecule has 0 bridgehead atoms. The van der Waals surface area contributed by atoms with Gasteiger partial charge in [0.1, 0.15) is 5.82 Å². The lowest BCUT2D eigenvalue weighted by Crippen LogP contribution is -2.45. The summed E-state index contributed by atoms with van der Waals surface area (Å²) >= 11 is 0. The van der Waals surface area contributed by atoms with Crippen molar-refractivity contribution in [1.29, 1.82) is 0 Å². The van der Waals surface area contributed by atoms with Crippen molar-refractivity contribution in [2.45, 2.75) is 26.3 Å². The summed E-state index contributed by atoms with van der Waals surface area (Å²) in [5.74, 6) is -0.0870. The molecule has 0 aromatic heterocycles. The molecule has 0 aliphatic carbocycles. The maximum Gasteiger partial charge on any atom is 0.126 e. The molecule has 0 unspecified atom stereocenters. The number of nitrogens with one attached hydrogen (secondary N) is 1. The van der Waals surface area contributed by atoms with E-state index in [1.54, 1.807) is 6.07 Å². The van der Waals surface area contributed by atoms with E-state index in [0.29, 0.717) is 6.04 Å². The Hall–Kier alpha value is -0.350. The molecule has 1 aliphatic rings. The lowest BCUT2D eigenvalue weighted by Gasteiger charge is -2.35. The molecule has 2 rings (SSSR count). The van der Waals surface area contributed by atoms with E-state index in [0.717, 1.165) is 43.7 Å². The Morgan fingerprint density at radius 1 is 1.26 bits per heavy atom. The predicted octanol–water partition coefficient (Wildman–Crippen LogP) is 3.33. The Bertz CT molecular complexity index is 382. The van der Waals surface area contributed by atoms with Crippen LogP contribution in [0.4, 0.5) is 4.39 Å². The van der Waals surface area contributed by atoms with Gasteiger partial charge < -0.3 is 5.32 Å². The molecule has 19 heavy (non-hydrogen) atoms. The van der Waals surface area contributed by atoms with Crippen LogP contribution in [0.15, 0.2) is 18.2 Å². The van der Waals surface area contributed by atoms with Crippen LogP contribution in [0.1, 0.15) is 30.5 Å². The Morgan fingerprint density at radius 2 is 1.89 bits per heavy atom. The highest BCUT2D eigenvalue weighted by Gasteiger charge is 2.22. The minimum Gasteiger partial charge on any atom is -0.314 e. The van der Waals surface area contributed by atoms with Gasteiger partial charge in [0.25, 0.3) is 0 Å². The van der Waals surface area contributed by atoms with E-state index < -0.39 is 0 Å². The van der Waals surface area contributed by atoms with Crippen LogP contribution in [0.5, 0.6) is 0 Å². The number of hydrogen-bond acceptors (Lipinski definition) is 2. The molecular weight excluding hydrogens is 286 g/mol. The van der Waals surface area contributed by atoms with Crippen LogP contribution in [0.25, 0.3) is 0 Å². The van der Waals surface area contributed by atoms with Gasteiger partial charge in [-0.3, -0.25) is 4.90 Å². The molecule has 1 aliphatic heterocycles. The van der Waals surface area contributed by atoms with Crippen LogP contribution in [-0.4, -0.2) is 31.1 Å². The van der Waals surface area contributed by atoms with Crippen LogP contribution in [0.3, 0.4) is 0 Å². The Balaban J connectivity index is 0.00000162. The van der Waals surface area contributed by atoms with E-state index in [2.05, 4.69) is 23.2 Å². The molecule has 1 aromatic rings. The zero-order chi connectivity index (χ0) is 12.3. The number of rotatable bonds is 3. The average Bonchev–Trinajstić information content (AvgIpc) is 2.37. The van der Waals surface area contributed by atoms with Crippen LogP contribution < -0.4 is 5.32 Å². The maximum atomic E-state index is 13.6. The minimum absolute atomic E-state index is 0. The zero-order valence-electron chi connectivity index (χ0n) is 11.5. The fourth-order valence-corrected chi connectivity index (χ4v) is 2.65. The minimum atomic E-state index is -0.0870. The van der Waals surface area contributed by atoms with Gasteiger partial charge in [0, 0.05) is 32.2 Å². The average molecular weight is 309 g/mol. The highest BCUT2D eigenvalue weighted by atomic mass is 35.5. The maximum absolute atomic E-state index is 13.6. The molecule has 110 valence electrons. The van der Waals surface area contributed by atoms with Crippen molar-refractivity contribution in [2.75, 3.05) is 26.2 Å². The van der Waals surface area contributed by atoms with Crippen LogP contribution in [0.2, 0.25) is 0 Å². The van der Waals surface area contributed by atoms with Crippen molar-refractivity contribution in [3.05, 3.63) is 35.1 Å². The second-order valence-corrected chi connectivity index (χ2v) is 4.66. The second kappa shape index (κ2) is 8.75. The summed E-state index contributed by atoms with van der Waals surface area (Å²) in [6.07, 6.45) is 1.03. The van der Waals surface area contributed by atoms with Gasteiger partial charge in [-0.1, -0.05) is 19.1 Å². The monoisotopic (exact) mass is 308 g/mol. The summed E-state index contributed by atoms with van der Waals surface area (Å²) in [5.41, 5.74) is 1.95. The van der Waals surface area contributed by atoms with Crippen molar-refractivity contribution >= 4 is 24.8 Å². The van der Waals surface area contributed by atoms with Crippen molar-refractivity contribution in [1.82, 2.24) is 10.2 Å². The second-order valence-electron chi connectivity index (χ2n) is 4.66. The van der Waals surface area contributed by atoms with Gasteiger partial charge in [-0.2, -0.15) is 0 Å². The number of halogens is 3. The molecule has 5 heteroatoms. The first-order chi connectivity index (χ1) is 8.24. The number of nitrogens with zero attached hydrogens (tertiary/aromatic N) is 1. The first-order valence-corrected chi connectivity index (χ1v) is 6.43. The summed E-state index contributed by atoms with van der Waals surface area (Å²) in [5, 5.41) is 3.36. The van der Waals surface area contributed by atoms with E-state index in [1.807, 2.05) is 13.0 Å². The molecule has 0 radical (unpaired) electrons. The van der Waals surface area contributed by atoms with E-state index in [-0.39, 0.29) is 30.6 Å². The molecular formula is C14H23Cl2FN2. The van der Waals surface area contributed by atoms with Gasteiger partial charge >= 0.3 is 0 Å². The Kier molecular flexibility index (Phi) is 8.59. The molecule has 2 nitrogen and oxygen atoms in total. The fourth-order valence-electron chi connectivity index (χ4n) is 2.65. The lowest BCUT2D eigenvalue weighted by molar-refractivity contribution is 0.168. The third-order valence-electron chi connectivity index (χ3n) is 3.65. The normalized spacial score (nSPS) is 17.2. The Labute approximate surface area is 127 Å². The summed E-state index contributed by atoms with van der Waals surface area (Å²) in [7, 11) is 0. The first-order valence-electron chi connectivity index (χ1n) is 6.43. The highest BCUT2D eigenvalue weighted by molar-refractivity contribution is 5.85. The first kappa shape index (κ1) is 18.7. The smallest absolute Gasteiger partial charge is 0.126 e. The highest BCUT2D eigenvalue weighted by Crippen LogP contribution is 2.28. The summed E-state index contributed by atoms with van der Waals surface area (Å²) in [6.45, 7) is 8.23. The van der Waals surface area contributed by atoms with E-state index in [4.69, 9.17) is 0 Å². The topological polar surface area (TPSA) is 15.3 Å². The molecule has 1 atom stereocenters. The van der Waals surface area contributed by atoms with E-state index in [1.165, 1.54) is 0 Å². The summed E-state index contributed by atoms with van der Waals surface area (Å²) in [4.78, 5) is 2.46. The molecule has 1 saturated heterocycles. The van der Waals surface area contributed by atoms with E-state index in [9.17, 15) is 4.39 Å². The van der Waals surface area contributed by atoms with Gasteiger partial charge in [-0.25, -0.2) is 4.39 Å². The van der Waals surface area contributed by atoms with Gasteiger partial charge in [0.2, 0.25) is 0 Å². The van der Waals surface area contributed by atoms with Crippen molar-refractivity contribution < 1.29 is 4.39 Å². The quantitative estimate of drug-likeness (QED) is 0.921. The molecule has 0 saturated carbocycles. The summed E-state index contributed by atoms with van der Waals surface area (Å²) in [6, 6.07) is 5.79. The van der Waals surface area contributed by atoms with Gasteiger partial charge in [-0.05, 0) is 30.5 Å². The number of benzene rings is 1. The van der Waals surface area contributed by atoms with Crippen LogP contribution in [-0.2, 0) is 0 Å². The molecule has 0 amide bonds. The van der Waals surface area contributed by atoms with E-state index >= 15 is 0 Å². The van der Waals surface area contributed by atoms with Gasteiger partial charge in [0.15, 0.2) is 0 Å². The van der Waals surface area contributed by atoms with Crippen LogP contribution >= 0.6 is 24.8 Å².